The Balaban J connectivity index is 2.28. The summed E-state index contributed by atoms with van der Waals surface area (Å²) in [6.07, 6.45) is 0. The third-order valence-electron chi connectivity index (χ3n) is 3.35. The number of carboxylic acid groups (broad SMARTS) is 1. The third-order valence-corrected chi connectivity index (χ3v) is 3.82. The van der Waals surface area contributed by atoms with Crippen LogP contribution in [0, 0.1) is 6.92 Å². The summed E-state index contributed by atoms with van der Waals surface area (Å²) in [6.45, 7) is 2.43. The fourth-order valence-electron chi connectivity index (χ4n) is 2.21. The Hall–Kier alpha value is -2.21. The molecule has 1 heterocycles. The van der Waals surface area contributed by atoms with Gasteiger partial charge in [-0.15, -0.1) is 0 Å². The molecule has 0 aliphatic rings. The van der Waals surface area contributed by atoms with Crippen LogP contribution in [0.25, 0.3) is 0 Å². The molecule has 0 saturated carbocycles. The van der Waals surface area contributed by atoms with Crippen molar-refractivity contribution in [2.24, 2.45) is 7.05 Å². The van der Waals surface area contributed by atoms with Crippen molar-refractivity contribution in [1.29, 1.82) is 0 Å². The number of nitrogens with zero attached hydrogens (tertiary/aromatic N) is 3. The molecule has 0 aliphatic carbocycles. The van der Waals surface area contributed by atoms with Crippen molar-refractivity contribution >= 4 is 28.9 Å². The second-order valence-electron chi connectivity index (χ2n) is 4.91. The number of nitrogens with two attached hydrogens (primary N) is 1. The van der Waals surface area contributed by atoms with E-state index in [9.17, 15) is 4.79 Å². The van der Waals surface area contributed by atoms with E-state index in [2.05, 4.69) is 5.10 Å². The number of rotatable bonds is 4. The summed E-state index contributed by atoms with van der Waals surface area (Å²) in [4.78, 5) is 12.8. The maximum atomic E-state index is 10.9. The zero-order chi connectivity index (χ0) is 15.7. The van der Waals surface area contributed by atoms with Crippen LogP contribution in [0.4, 0.5) is 11.4 Å². The van der Waals surface area contributed by atoms with E-state index in [1.807, 2.05) is 18.9 Å². The average molecular weight is 309 g/mol. The molecule has 3 N–H and O–H groups in total. The van der Waals surface area contributed by atoms with Crippen molar-refractivity contribution in [1.82, 2.24) is 9.78 Å². The summed E-state index contributed by atoms with van der Waals surface area (Å²) in [6, 6.07) is 4.67. The van der Waals surface area contributed by atoms with Crippen molar-refractivity contribution < 1.29 is 9.90 Å². The zero-order valence-corrected chi connectivity index (χ0v) is 12.8. The van der Waals surface area contributed by atoms with Crippen LogP contribution in [0.15, 0.2) is 18.2 Å². The number of aryl methyl sites for hydroxylation is 2. The first-order valence-electron chi connectivity index (χ1n) is 6.33. The topological polar surface area (TPSA) is 84.4 Å². The number of hydrogen-bond acceptors (Lipinski definition) is 4. The molecule has 0 bridgehead atoms. The van der Waals surface area contributed by atoms with Crippen molar-refractivity contribution in [3.8, 4) is 0 Å². The van der Waals surface area contributed by atoms with Gasteiger partial charge in [-0.25, -0.2) is 4.79 Å². The average Bonchev–Trinajstić information content (AvgIpc) is 2.65. The predicted octanol–water partition coefficient (Wildman–Crippen LogP) is 2.30. The van der Waals surface area contributed by atoms with Crippen LogP contribution in [0.3, 0.4) is 0 Å². The van der Waals surface area contributed by atoms with Gasteiger partial charge in [0.2, 0.25) is 0 Å². The molecule has 0 fully saturated rings. The maximum absolute atomic E-state index is 10.9. The van der Waals surface area contributed by atoms with Gasteiger partial charge in [0.25, 0.3) is 0 Å². The Morgan fingerprint density at radius 1 is 1.52 bits per heavy atom. The summed E-state index contributed by atoms with van der Waals surface area (Å²) in [5.74, 6) is -0.998. The normalized spacial score (nSPS) is 10.7. The fourth-order valence-corrected chi connectivity index (χ4v) is 2.45. The van der Waals surface area contributed by atoms with Gasteiger partial charge < -0.3 is 15.7 Å². The van der Waals surface area contributed by atoms with E-state index in [1.165, 1.54) is 12.1 Å². The largest absolute Gasteiger partial charge is 0.478 e. The second kappa shape index (κ2) is 5.65. The minimum absolute atomic E-state index is 0.167. The van der Waals surface area contributed by atoms with Gasteiger partial charge in [0.15, 0.2) is 0 Å². The summed E-state index contributed by atoms with van der Waals surface area (Å²) in [5.41, 5.74) is 9.04. The molecular formula is C14H17ClN4O2. The van der Waals surface area contributed by atoms with Gasteiger partial charge in [0, 0.05) is 26.2 Å². The fraction of sp³-hybridized carbons (Fsp3) is 0.286. The van der Waals surface area contributed by atoms with Gasteiger partial charge in [-0.3, -0.25) is 4.68 Å². The van der Waals surface area contributed by atoms with Gasteiger partial charge in [0.05, 0.1) is 22.6 Å². The second-order valence-corrected chi connectivity index (χ2v) is 5.27. The quantitative estimate of drug-likeness (QED) is 0.847. The Bertz CT molecular complexity index is 697. The lowest BCUT2D eigenvalue weighted by molar-refractivity contribution is 0.0697. The van der Waals surface area contributed by atoms with Crippen LogP contribution in [-0.4, -0.2) is 27.9 Å². The zero-order valence-electron chi connectivity index (χ0n) is 12.1. The van der Waals surface area contributed by atoms with Crippen molar-refractivity contribution in [3.63, 3.8) is 0 Å². The van der Waals surface area contributed by atoms with Crippen molar-refractivity contribution in [3.05, 3.63) is 40.2 Å². The van der Waals surface area contributed by atoms with E-state index in [1.54, 1.807) is 17.8 Å². The first-order chi connectivity index (χ1) is 9.81. The molecule has 0 amide bonds. The molecule has 0 saturated heterocycles. The van der Waals surface area contributed by atoms with E-state index in [4.69, 9.17) is 22.4 Å². The Kier molecular flexibility index (Phi) is 4.09. The van der Waals surface area contributed by atoms with Gasteiger partial charge in [-0.05, 0) is 25.1 Å². The molecule has 2 aromatic rings. The molecule has 0 atom stereocenters. The highest BCUT2D eigenvalue weighted by Crippen LogP contribution is 2.27. The number of nitrogen functional groups attached to an aromatic ring is 1. The number of anilines is 2. The third kappa shape index (κ3) is 2.95. The van der Waals surface area contributed by atoms with E-state index in [-0.39, 0.29) is 5.56 Å². The van der Waals surface area contributed by atoms with Gasteiger partial charge in [0.1, 0.15) is 5.15 Å². The number of aromatic nitrogens is 2. The van der Waals surface area contributed by atoms with E-state index in [0.29, 0.717) is 17.4 Å². The van der Waals surface area contributed by atoms with Gasteiger partial charge >= 0.3 is 5.97 Å². The Morgan fingerprint density at radius 2 is 2.19 bits per heavy atom. The molecule has 0 spiro atoms. The molecule has 2 rings (SSSR count). The standard InChI is InChI=1S/C14H17ClN4O2/c1-8-10(13(15)19(3)17-8)7-18(2)12-5-4-9(14(20)21)6-11(12)16/h4-6H,7,16H2,1-3H3,(H,20,21). The van der Waals surface area contributed by atoms with Gasteiger partial charge in [-0.2, -0.15) is 5.10 Å². The molecule has 7 heteroatoms. The summed E-state index contributed by atoms with van der Waals surface area (Å²) >= 11 is 6.22. The minimum atomic E-state index is -0.998. The minimum Gasteiger partial charge on any atom is -0.478 e. The van der Waals surface area contributed by atoms with E-state index < -0.39 is 5.97 Å². The smallest absolute Gasteiger partial charge is 0.335 e. The van der Waals surface area contributed by atoms with Crippen LogP contribution >= 0.6 is 11.6 Å². The van der Waals surface area contributed by atoms with Crippen molar-refractivity contribution in [2.75, 3.05) is 17.7 Å². The Morgan fingerprint density at radius 3 is 2.67 bits per heavy atom. The first-order valence-corrected chi connectivity index (χ1v) is 6.71. The first kappa shape index (κ1) is 15.2. The number of aromatic carboxylic acids is 1. The highest BCUT2D eigenvalue weighted by Gasteiger charge is 2.15. The van der Waals surface area contributed by atoms with Crippen LogP contribution < -0.4 is 10.6 Å². The molecular weight excluding hydrogens is 292 g/mol. The number of carboxylic acids is 1. The number of benzene rings is 1. The molecule has 1 aromatic heterocycles. The Labute approximate surface area is 127 Å². The molecule has 0 unspecified atom stereocenters. The summed E-state index contributed by atoms with van der Waals surface area (Å²) in [5, 5.41) is 13.8. The van der Waals surface area contributed by atoms with Gasteiger partial charge in [-0.1, -0.05) is 11.6 Å². The molecule has 0 radical (unpaired) electrons. The monoisotopic (exact) mass is 308 g/mol. The van der Waals surface area contributed by atoms with Crippen LogP contribution in [0.1, 0.15) is 21.6 Å². The lowest BCUT2D eigenvalue weighted by Gasteiger charge is -2.21. The molecule has 1 aromatic carbocycles. The van der Waals surface area contributed by atoms with E-state index >= 15 is 0 Å². The summed E-state index contributed by atoms with van der Waals surface area (Å²) in [7, 11) is 3.66. The predicted molar refractivity (Wildman–Crippen MR) is 82.9 cm³/mol. The van der Waals surface area contributed by atoms with Crippen LogP contribution in [-0.2, 0) is 13.6 Å². The SMILES string of the molecule is Cc1nn(C)c(Cl)c1CN(C)c1ccc(C(=O)O)cc1N. The van der Waals surface area contributed by atoms with Crippen molar-refractivity contribution in [2.45, 2.75) is 13.5 Å². The number of halogens is 1. The summed E-state index contributed by atoms with van der Waals surface area (Å²) < 4.78 is 1.62. The number of carbonyl (C=O) groups is 1. The molecule has 21 heavy (non-hydrogen) atoms. The highest BCUT2D eigenvalue weighted by atomic mass is 35.5. The molecule has 6 nitrogen and oxygen atoms in total. The number of hydrogen-bond donors (Lipinski definition) is 2. The van der Waals surface area contributed by atoms with Crippen LogP contribution in [0.5, 0.6) is 0 Å². The molecule has 112 valence electrons. The maximum Gasteiger partial charge on any atom is 0.335 e. The molecule has 0 aliphatic heterocycles. The highest BCUT2D eigenvalue weighted by molar-refractivity contribution is 6.30. The van der Waals surface area contributed by atoms with E-state index in [0.717, 1.165) is 16.9 Å². The lowest BCUT2D eigenvalue weighted by atomic mass is 10.1. The van der Waals surface area contributed by atoms with Crippen LogP contribution in [0.2, 0.25) is 5.15 Å². The lowest BCUT2D eigenvalue weighted by Crippen LogP contribution is -2.18.